The van der Waals surface area contributed by atoms with Crippen LogP contribution in [0.15, 0.2) is 42.5 Å². The number of likely N-dealkylation sites (N-methyl/N-ethyl adjacent to an activating group) is 1. The Morgan fingerprint density at radius 3 is 2.76 bits per heavy atom. The van der Waals surface area contributed by atoms with E-state index in [1.807, 2.05) is 43.4 Å². The minimum absolute atomic E-state index is 0.110. The maximum atomic E-state index is 12.6. The van der Waals surface area contributed by atoms with E-state index in [4.69, 9.17) is 16.3 Å². The number of rotatable bonds is 0. The van der Waals surface area contributed by atoms with Crippen molar-refractivity contribution in [1.29, 1.82) is 0 Å². The van der Waals surface area contributed by atoms with E-state index in [1.165, 1.54) is 0 Å². The molecule has 1 amide bonds. The predicted molar refractivity (Wildman–Crippen MR) is 81.1 cm³/mol. The highest BCUT2D eigenvalue weighted by Crippen LogP contribution is 2.50. The van der Waals surface area contributed by atoms with Gasteiger partial charge in [0.25, 0.3) is 0 Å². The molecule has 0 N–H and O–H groups in total. The van der Waals surface area contributed by atoms with Gasteiger partial charge in [-0.2, -0.15) is 0 Å². The van der Waals surface area contributed by atoms with Crippen molar-refractivity contribution in [2.24, 2.45) is 0 Å². The van der Waals surface area contributed by atoms with E-state index < -0.39 is 0 Å². The lowest BCUT2D eigenvalue weighted by molar-refractivity contribution is -0.127. The van der Waals surface area contributed by atoms with E-state index in [1.54, 1.807) is 11.0 Å². The molecule has 0 radical (unpaired) electrons. The number of carbonyl (C=O) groups excluding carboxylic acids is 1. The average molecular weight is 300 g/mol. The van der Waals surface area contributed by atoms with Crippen molar-refractivity contribution in [2.75, 3.05) is 13.6 Å². The molecule has 2 unspecified atom stereocenters. The zero-order valence-electron chi connectivity index (χ0n) is 11.5. The molecular weight excluding hydrogens is 286 g/mol. The fourth-order valence-electron chi connectivity index (χ4n) is 3.38. The van der Waals surface area contributed by atoms with Crippen LogP contribution in [0.2, 0.25) is 5.02 Å². The van der Waals surface area contributed by atoms with Gasteiger partial charge in [-0.15, -0.1) is 0 Å². The Morgan fingerprint density at radius 2 is 1.90 bits per heavy atom. The van der Waals surface area contributed by atoms with Crippen molar-refractivity contribution in [2.45, 2.75) is 11.8 Å². The van der Waals surface area contributed by atoms with Crippen LogP contribution in [0, 0.1) is 0 Å². The number of nitrogens with zero attached hydrogens (tertiary/aromatic N) is 1. The van der Waals surface area contributed by atoms with E-state index >= 15 is 0 Å². The number of fused-ring (bicyclic) bond motifs is 5. The van der Waals surface area contributed by atoms with Gasteiger partial charge in [-0.3, -0.25) is 4.79 Å². The van der Waals surface area contributed by atoms with E-state index in [9.17, 15) is 4.79 Å². The summed E-state index contributed by atoms with van der Waals surface area (Å²) in [6, 6.07) is 13.5. The first-order valence-corrected chi connectivity index (χ1v) is 7.34. The molecule has 2 heterocycles. The summed E-state index contributed by atoms with van der Waals surface area (Å²) in [6.45, 7) is 0.704. The molecule has 4 heteroatoms. The van der Waals surface area contributed by atoms with Crippen LogP contribution in [0.4, 0.5) is 0 Å². The minimum Gasteiger partial charge on any atom is -0.457 e. The van der Waals surface area contributed by atoms with Crippen LogP contribution >= 0.6 is 11.6 Å². The number of carbonyl (C=O) groups is 1. The lowest BCUT2D eigenvalue weighted by Gasteiger charge is -2.15. The molecule has 21 heavy (non-hydrogen) atoms. The summed E-state index contributed by atoms with van der Waals surface area (Å²) in [7, 11) is 1.85. The average Bonchev–Trinajstić information content (AvgIpc) is 2.70. The van der Waals surface area contributed by atoms with Gasteiger partial charge in [0.05, 0.1) is 5.92 Å². The zero-order chi connectivity index (χ0) is 14.6. The van der Waals surface area contributed by atoms with Gasteiger partial charge >= 0.3 is 0 Å². The summed E-state index contributed by atoms with van der Waals surface area (Å²) in [5.74, 6) is 1.58. The molecule has 2 aliphatic heterocycles. The maximum absolute atomic E-state index is 12.6. The molecule has 2 atom stereocenters. The van der Waals surface area contributed by atoms with Crippen molar-refractivity contribution < 1.29 is 9.53 Å². The van der Waals surface area contributed by atoms with Crippen molar-refractivity contribution in [3.05, 3.63) is 58.6 Å². The van der Waals surface area contributed by atoms with E-state index in [2.05, 4.69) is 0 Å². The Hall–Kier alpha value is -2.00. The van der Waals surface area contributed by atoms with Crippen molar-refractivity contribution in [3.8, 4) is 11.5 Å². The molecule has 4 rings (SSSR count). The SMILES string of the molecule is CN1CC2c3ccccc3Oc3ccc(Cl)cc3C2C1=O. The summed E-state index contributed by atoms with van der Waals surface area (Å²) in [5, 5.41) is 0.629. The van der Waals surface area contributed by atoms with Gasteiger partial charge < -0.3 is 9.64 Å². The number of halogens is 1. The first kappa shape index (κ1) is 12.7. The second-order valence-corrected chi connectivity index (χ2v) is 6.06. The van der Waals surface area contributed by atoms with Crippen LogP contribution < -0.4 is 4.74 Å². The highest BCUT2D eigenvalue weighted by atomic mass is 35.5. The molecule has 1 saturated heterocycles. The highest BCUT2D eigenvalue weighted by Gasteiger charge is 2.44. The number of para-hydroxylation sites is 1. The maximum Gasteiger partial charge on any atom is 0.230 e. The van der Waals surface area contributed by atoms with E-state index in [-0.39, 0.29) is 17.7 Å². The smallest absolute Gasteiger partial charge is 0.230 e. The molecule has 1 fully saturated rings. The van der Waals surface area contributed by atoms with Crippen LogP contribution in [0.1, 0.15) is 23.0 Å². The van der Waals surface area contributed by atoms with Crippen molar-refractivity contribution in [3.63, 3.8) is 0 Å². The fraction of sp³-hybridized carbons (Fsp3) is 0.235. The van der Waals surface area contributed by atoms with Gasteiger partial charge in [0.1, 0.15) is 11.5 Å². The number of benzene rings is 2. The number of likely N-dealkylation sites (tertiary alicyclic amines) is 1. The van der Waals surface area contributed by atoms with Crippen molar-refractivity contribution >= 4 is 17.5 Å². The second kappa shape index (κ2) is 4.50. The van der Waals surface area contributed by atoms with Gasteiger partial charge in [-0.05, 0) is 24.3 Å². The second-order valence-electron chi connectivity index (χ2n) is 5.62. The minimum atomic E-state index is -0.215. The Labute approximate surface area is 128 Å². The summed E-state index contributed by atoms with van der Waals surface area (Å²) >= 11 is 6.14. The standard InChI is InChI=1S/C17H14ClNO2/c1-19-9-13-11-4-2-3-5-14(11)21-15-7-6-10(18)8-12(15)16(13)17(19)20/h2-8,13,16H,9H2,1H3. The van der Waals surface area contributed by atoms with Gasteiger partial charge in [0.2, 0.25) is 5.91 Å². The molecule has 0 aromatic heterocycles. The highest BCUT2D eigenvalue weighted by molar-refractivity contribution is 6.30. The molecule has 2 aliphatic rings. The molecule has 0 spiro atoms. The van der Waals surface area contributed by atoms with E-state index in [0.29, 0.717) is 11.6 Å². The molecule has 0 saturated carbocycles. The largest absolute Gasteiger partial charge is 0.457 e. The number of hydrogen-bond acceptors (Lipinski definition) is 2. The summed E-state index contributed by atoms with van der Waals surface area (Å²) in [6.07, 6.45) is 0. The number of hydrogen-bond donors (Lipinski definition) is 0. The zero-order valence-corrected chi connectivity index (χ0v) is 12.3. The Balaban J connectivity index is 1.98. The Bertz CT molecular complexity index is 743. The normalized spacial score (nSPS) is 23.0. The van der Waals surface area contributed by atoms with Gasteiger partial charge in [-0.1, -0.05) is 29.8 Å². The number of amides is 1. The van der Waals surface area contributed by atoms with Crippen molar-refractivity contribution in [1.82, 2.24) is 4.90 Å². The summed E-state index contributed by atoms with van der Waals surface area (Å²) < 4.78 is 6.05. The third-order valence-corrected chi connectivity index (χ3v) is 4.60. The van der Waals surface area contributed by atoms with Crippen LogP contribution in [0.3, 0.4) is 0 Å². The van der Waals surface area contributed by atoms with Crippen LogP contribution in [-0.4, -0.2) is 24.4 Å². The van der Waals surface area contributed by atoms with Crippen LogP contribution in [-0.2, 0) is 4.79 Å². The van der Waals surface area contributed by atoms with Crippen LogP contribution in [0.5, 0.6) is 11.5 Å². The molecule has 106 valence electrons. The molecule has 2 aromatic rings. The summed E-state index contributed by atoms with van der Waals surface area (Å²) in [5.41, 5.74) is 1.98. The molecule has 0 bridgehead atoms. The molecule has 3 nitrogen and oxygen atoms in total. The van der Waals surface area contributed by atoms with Gasteiger partial charge in [0, 0.05) is 35.7 Å². The lowest BCUT2D eigenvalue weighted by Crippen LogP contribution is -2.21. The Kier molecular flexibility index (Phi) is 2.73. The van der Waals surface area contributed by atoms with E-state index in [0.717, 1.165) is 22.6 Å². The monoisotopic (exact) mass is 299 g/mol. The Morgan fingerprint density at radius 1 is 1.14 bits per heavy atom. The summed E-state index contributed by atoms with van der Waals surface area (Å²) in [4.78, 5) is 14.4. The third-order valence-electron chi connectivity index (χ3n) is 4.36. The quantitative estimate of drug-likeness (QED) is 0.741. The molecule has 0 aliphatic carbocycles. The number of ether oxygens (including phenoxy) is 1. The molecular formula is C17H14ClNO2. The van der Waals surface area contributed by atoms with Gasteiger partial charge in [-0.25, -0.2) is 0 Å². The third kappa shape index (κ3) is 1.84. The molecule has 2 aromatic carbocycles. The van der Waals surface area contributed by atoms with Crippen LogP contribution in [0.25, 0.3) is 0 Å². The first-order valence-electron chi connectivity index (χ1n) is 6.96. The lowest BCUT2D eigenvalue weighted by atomic mass is 9.84. The predicted octanol–water partition coefficient (Wildman–Crippen LogP) is 3.79. The topological polar surface area (TPSA) is 29.5 Å². The first-order chi connectivity index (χ1) is 10.1. The fourth-order valence-corrected chi connectivity index (χ4v) is 3.56. The van der Waals surface area contributed by atoms with Gasteiger partial charge in [0.15, 0.2) is 0 Å².